The Kier molecular flexibility index (Phi) is 5.80. The van der Waals surface area contributed by atoms with Crippen molar-refractivity contribution in [2.45, 2.75) is 78.8 Å². The van der Waals surface area contributed by atoms with E-state index in [0.29, 0.717) is 12.1 Å². The number of nitrogens with one attached hydrogen (secondary N) is 1. The van der Waals surface area contributed by atoms with Gasteiger partial charge >= 0.3 is 0 Å². The van der Waals surface area contributed by atoms with Crippen LogP contribution in [-0.2, 0) is 12.8 Å². The van der Waals surface area contributed by atoms with Crippen molar-refractivity contribution in [3.8, 4) is 0 Å². The van der Waals surface area contributed by atoms with E-state index in [1.165, 1.54) is 19.3 Å². The van der Waals surface area contributed by atoms with E-state index in [4.69, 9.17) is 10.1 Å². The van der Waals surface area contributed by atoms with E-state index in [0.717, 1.165) is 42.9 Å². The lowest BCUT2D eigenvalue weighted by Gasteiger charge is -2.38. The average Bonchev–Trinajstić information content (AvgIpc) is 2.91. The molecule has 0 spiro atoms. The summed E-state index contributed by atoms with van der Waals surface area (Å²) in [6.07, 6.45) is 5.71. The van der Waals surface area contributed by atoms with Crippen LogP contribution >= 0.6 is 0 Å². The monoisotopic (exact) mass is 292 g/mol. The number of hydrogen-bond donors (Lipinski definition) is 1. The van der Waals surface area contributed by atoms with Gasteiger partial charge in [-0.15, -0.1) is 0 Å². The van der Waals surface area contributed by atoms with E-state index < -0.39 is 0 Å². The first-order chi connectivity index (χ1) is 10.1. The van der Waals surface area contributed by atoms with Crippen LogP contribution in [0.5, 0.6) is 0 Å². The van der Waals surface area contributed by atoms with Gasteiger partial charge in [-0.05, 0) is 37.6 Å². The van der Waals surface area contributed by atoms with Crippen molar-refractivity contribution in [2.24, 2.45) is 11.8 Å². The van der Waals surface area contributed by atoms with E-state index >= 15 is 0 Å². The van der Waals surface area contributed by atoms with Crippen LogP contribution in [0, 0.1) is 11.8 Å². The Labute approximate surface area is 129 Å². The summed E-state index contributed by atoms with van der Waals surface area (Å²) in [4.78, 5) is 4.71. The van der Waals surface area contributed by atoms with Crippen LogP contribution in [0.25, 0.3) is 0 Å². The van der Waals surface area contributed by atoms with Gasteiger partial charge in [0.2, 0.25) is 0 Å². The molecular formula is C17H32N4. The van der Waals surface area contributed by atoms with Crippen molar-refractivity contribution in [1.29, 1.82) is 0 Å². The highest BCUT2D eigenvalue weighted by molar-refractivity contribution is 4.99. The van der Waals surface area contributed by atoms with Gasteiger partial charge in [0.05, 0.1) is 6.04 Å². The number of aryl methyl sites for hydroxylation is 2. The molecule has 1 fully saturated rings. The summed E-state index contributed by atoms with van der Waals surface area (Å²) >= 11 is 0. The quantitative estimate of drug-likeness (QED) is 0.874. The van der Waals surface area contributed by atoms with Gasteiger partial charge in [0.1, 0.15) is 5.82 Å². The first-order valence-corrected chi connectivity index (χ1v) is 8.78. The summed E-state index contributed by atoms with van der Waals surface area (Å²) in [6.45, 7) is 12.3. The van der Waals surface area contributed by atoms with Crippen LogP contribution in [0.4, 0.5) is 0 Å². The Bertz CT molecular complexity index is 438. The molecular weight excluding hydrogens is 260 g/mol. The molecule has 21 heavy (non-hydrogen) atoms. The van der Waals surface area contributed by atoms with E-state index in [1.807, 2.05) is 0 Å². The highest BCUT2D eigenvalue weighted by Gasteiger charge is 2.34. The Morgan fingerprint density at radius 1 is 1.19 bits per heavy atom. The van der Waals surface area contributed by atoms with Gasteiger partial charge in [-0.25, -0.2) is 9.67 Å². The van der Waals surface area contributed by atoms with Crippen molar-refractivity contribution < 1.29 is 0 Å². The minimum atomic E-state index is 0.467. The second-order valence-electron chi connectivity index (χ2n) is 6.64. The summed E-state index contributed by atoms with van der Waals surface area (Å²) in [5.74, 6) is 3.72. The molecule has 0 bridgehead atoms. The second-order valence-corrected chi connectivity index (χ2v) is 6.64. The second kappa shape index (κ2) is 7.39. The molecule has 120 valence electrons. The Hall–Kier alpha value is -0.900. The molecule has 1 aliphatic carbocycles. The van der Waals surface area contributed by atoms with Crippen LogP contribution in [0.1, 0.15) is 71.6 Å². The van der Waals surface area contributed by atoms with Crippen molar-refractivity contribution in [3.05, 3.63) is 11.6 Å². The summed E-state index contributed by atoms with van der Waals surface area (Å²) in [5.41, 5.74) is 0. The minimum Gasteiger partial charge on any atom is -0.312 e. The molecule has 2 rings (SSSR count). The molecule has 1 aromatic rings. The van der Waals surface area contributed by atoms with Crippen molar-refractivity contribution in [3.63, 3.8) is 0 Å². The van der Waals surface area contributed by atoms with E-state index in [-0.39, 0.29) is 0 Å². The highest BCUT2D eigenvalue weighted by atomic mass is 15.4. The van der Waals surface area contributed by atoms with Crippen molar-refractivity contribution >= 4 is 0 Å². The molecule has 0 saturated heterocycles. The molecule has 3 unspecified atom stereocenters. The van der Waals surface area contributed by atoms with Crippen LogP contribution in [0.2, 0.25) is 0 Å². The molecule has 1 aromatic heterocycles. The molecule has 1 saturated carbocycles. The summed E-state index contributed by atoms with van der Waals surface area (Å²) in [7, 11) is 0. The van der Waals surface area contributed by atoms with Gasteiger partial charge in [-0.2, -0.15) is 5.10 Å². The lowest BCUT2D eigenvalue weighted by Crippen LogP contribution is -2.43. The largest absolute Gasteiger partial charge is 0.312 e. The van der Waals surface area contributed by atoms with Gasteiger partial charge in [-0.3, -0.25) is 0 Å². The molecule has 1 heterocycles. The fraction of sp³-hybridized carbons (Fsp3) is 0.882. The lowest BCUT2D eigenvalue weighted by atomic mass is 9.77. The third-order valence-electron chi connectivity index (χ3n) is 4.96. The third kappa shape index (κ3) is 3.65. The molecule has 4 heteroatoms. The molecule has 0 aliphatic heterocycles. The molecule has 3 atom stereocenters. The number of likely N-dealkylation sites (N-methyl/N-ethyl adjacent to an activating group) is 1. The number of hydrogen-bond acceptors (Lipinski definition) is 3. The maximum absolute atomic E-state index is 4.82. The molecule has 0 aromatic carbocycles. The molecule has 1 aliphatic rings. The maximum Gasteiger partial charge on any atom is 0.150 e. The van der Waals surface area contributed by atoms with Crippen LogP contribution < -0.4 is 5.32 Å². The van der Waals surface area contributed by atoms with Gasteiger partial charge in [-0.1, -0.05) is 34.6 Å². The van der Waals surface area contributed by atoms with Gasteiger partial charge in [0.25, 0.3) is 0 Å². The fourth-order valence-electron chi connectivity index (χ4n) is 3.62. The smallest absolute Gasteiger partial charge is 0.150 e. The molecule has 0 amide bonds. The van der Waals surface area contributed by atoms with Crippen LogP contribution in [0.3, 0.4) is 0 Å². The Morgan fingerprint density at radius 2 is 1.95 bits per heavy atom. The normalized spacial score (nSPS) is 26.5. The lowest BCUT2D eigenvalue weighted by molar-refractivity contribution is 0.161. The molecule has 1 N–H and O–H groups in total. The van der Waals surface area contributed by atoms with Gasteiger partial charge in [0.15, 0.2) is 5.82 Å². The highest BCUT2D eigenvalue weighted by Crippen LogP contribution is 2.37. The maximum atomic E-state index is 4.82. The number of rotatable bonds is 6. The number of aromatic nitrogens is 3. The predicted octanol–water partition coefficient (Wildman–Crippen LogP) is 3.38. The molecule has 0 radical (unpaired) electrons. The zero-order chi connectivity index (χ0) is 15.4. The zero-order valence-corrected chi connectivity index (χ0v) is 14.4. The summed E-state index contributed by atoms with van der Waals surface area (Å²) in [6, 6.07) is 1.01. The zero-order valence-electron chi connectivity index (χ0n) is 14.4. The van der Waals surface area contributed by atoms with Crippen LogP contribution in [-0.4, -0.2) is 27.4 Å². The van der Waals surface area contributed by atoms with E-state index in [2.05, 4.69) is 44.6 Å². The number of nitrogens with zero attached hydrogens (tertiary/aromatic N) is 3. The fourth-order valence-corrected chi connectivity index (χ4v) is 3.62. The van der Waals surface area contributed by atoms with Gasteiger partial charge < -0.3 is 5.32 Å². The Balaban J connectivity index is 2.28. The summed E-state index contributed by atoms with van der Waals surface area (Å²) in [5, 5.41) is 8.50. The predicted molar refractivity (Wildman–Crippen MR) is 87.5 cm³/mol. The van der Waals surface area contributed by atoms with E-state index in [1.54, 1.807) is 0 Å². The van der Waals surface area contributed by atoms with E-state index in [9.17, 15) is 0 Å². The van der Waals surface area contributed by atoms with Gasteiger partial charge in [0, 0.05) is 18.9 Å². The van der Waals surface area contributed by atoms with Crippen LogP contribution in [0.15, 0.2) is 0 Å². The third-order valence-corrected chi connectivity index (χ3v) is 4.96. The topological polar surface area (TPSA) is 42.7 Å². The van der Waals surface area contributed by atoms with Crippen molar-refractivity contribution in [1.82, 2.24) is 20.1 Å². The minimum absolute atomic E-state index is 0.467. The summed E-state index contributed by atoms with van der Waals surface area (Å²) < 4.78 is 2.25. The average molecular weight is 292 g/mol. The van der Waals surface area contributed by atoms with Crippen molar-refractivity contribution in [2.75, 3.05) is 6.54 Å². The first kappa shape index (κ1) is 16.5. The first-order valence-electron chi connectivity index (χ1n) is 8.78. The Morgan fingerprint density at radius 3 is 2.52 bits per heavy atom. The molecule has 4 nitrogen and oxygen atoms in total. The SMILES string of the molecule is CCNC1CCC(C(C)C)CC1n1nc(CC)nc1CC. The standard InChI is InChI=1S/C17H32N4/c1-6-16-19-17(7-2)21(20-16)15-11-13(12(4)5)9-10-14(15)18-8-3/h12-15,18H,6-11H2,1-5H3.